The molecule has 3 heterocycles. The topological polar surface area (TPSA) is 49.2 Å². The molecule has 2 aromatic heterocycles. The fourth-order valence-corrected chi connectivity index (χ4v) is 7.31. The van der Waals surface area contributed by atoms with Crippen LogP contribution in [-0.4, -0.2) is 74.4 Å². The third kappa shape index (κ3) is 6.87. The number of pyridine rings is 1. The molecule has 11 heteroatoms. The molecule has 2 unspecified atom stereocenters. The molecule has 0 aliphatic carbocycles. The maximum atomic E-state index is 14.0. The van der Waals surface area contributed by atoms with Crippen LogP contribution < -0.4 is 4.48 Å². The van der Waals surface area contributed by atoms with Gasteiger partial charge in [0.2, 0.25) is 0 Å². The molecule has 2 atom stereocenters. The summed E-state index contributed by atoms with van der Waals surface area (Å²) < 4.78 is 29.0. The van der Waals surface area contributed by atoms with E-state index < -0.39 is 16.1 Å². The molecule has 1 aliphatic heterocycles. The van der Waals surface area contributed by atoms with Gasteiger partial charge in [0.15, 0.2) is 0 Å². The number of aromatic nitrogens is 3. The molecule has 38 heavy (non-hydrogen) atoms. The number of hydrogen-bond donors (Lipinski definition) is 0. The Bertz CT molecular complexity index is 1300. The van der Waals surface area contributed by atoms with E-state index >= 15 is 0 Å². The van der Waals surface area contributed by atoms with Crippen molar-refractivity contribution in [2.45, 2.75) is 56.2 Å². The van der Waals surface area contributed by atoms with Crippen LogP contribution in [0.15, 0.2) is 47.9 Å². The van der Waals surface area contributed by atoms with Crippen molar-refractivity contribution in [3.63, 3.8) is 0 Å². The molecule has 0 amide bonds. The van der Waals surface area contributed by atoms with Gasteiger partial charge in [0.1, 0.15) is 0 Å². The molecular formula is C27H40AsClFN4O2Si2+. The van der Waals surface area contributed by atoms with E-state index in [2.05, 4.69) is 50.3 Å². The van der Waals surface area contributed by atoms with Crippen LogP contribution in [0.2, 0.25) is 51.4 Å². The Morgan fingerprint density at radius 2 is 1.63 bits per heavy atom. The Morgan fingerprint density at radius 3 is 2.24 bits per heavy atom. The van der Waals surface area contributed by atoms with E-state index in [-0.39, 0.29) is 15.1 Å². The van der Waals surface area contributed by atoms with Gasteiger partial charge < -0.3 is 0 Å². The summed E-state index contributed by atoms with van der Waals surface area (Å²) in [6.07, 6.45) is 5.75. The van der Waals surface area contributed by atoms with Crippen molar-refractivity contribution in [2.75, 3.05) is 26.7 Å². The molecule has 4 rings (SSSR count). The second kappa shape index (κ2) is 11.6. The van der Waals surface area contributed by atoms with Gasteiger partial charge in [-0.1, -0.05) is 0 Å². The molecule has 3 aromatic rings. The summed E-state index contributed by atoms with van der Waals surface area (Å²) in [5.41, 5.74) is 2.51. The molecule has 0 spiro atoms. The summed E-state index contributed by atoms with van der Waals surface area (Å²) in [6.45, 7) is 16.1. The molecule has 0 N–H and O–H groups in total. The Balaban J connectivity index is 1.76. The van der Waals surface area contributed by atoms with Gasteiger partial charge in [-0.2, -0.15) is 0 Å². The third-order valence-electron chi connectivity index (χ3n) is 6.74. The second-order valence-corrected chi connectivity index (χ2v) is 25.6. The summed E-state index contributed by atoms with van der Waals surface area (Å²) in [4.78, 5) is 4.64. The summed E-state index contributed by atoms with van der Waals surface area (Å²) in [5.74, 6) is 0.637. The number of nitrogens with zero attached hydrogens (tertiary/aromatic N) is 4. The number of hydrogen-bond acceptors (Lipinski definition) is 4. The van der Waals surface area contributed by atoms with Crippen molar-refractivity contribution in [1.29, 1.82) is 0 Å². The normalized spacial score (nSPS) is 17.5. The first-order valence-corrected chi connectivity index (χ1v) is 22.3. The van der Waals surface area contributed by atoms with Gasteiger partial charge in [-0.25, -0.2) is 0 Å². The Kier molecular flexibility index (Phi) is 9.09. The fraction of sp³-hybridized carbons (Fsp3) is 0.481. The van der Waals surface area contributed by atoms with Gasteiger partial charge in [0, 0.05) is 0 Å². The van der Waals surface area contributed by atoms with Crippen molar-refractivity contribution in [2.24, 2.45) is 0 Å². The van der Waals surface area contributed by atoms with E-state index in [1.165, 1.54) is 29.0 Å². The number of halogens is 2. The Hall–Kier alpha value is -1.33. The molecule has 1 aromatic carbocycles. The zero-order valence-electron chi connectivity index (χ0n) is 23.3. The van der Waals surface area contributed by atoms with Gasteiger partial charge in [-0.15, -0.1) is 0 Å². The predicted molar refractivity (Wildman–Crippen MR) is 164 cm³/mol. The van der Waals surface area contributed by atoms with Crippen LogP contribution in [0.5, 0.6) is 0 Å². The van der Waals surface area contributed by atoms with Crippen LogP contribution in [0.3, 0.4) is 0 Å². The third-order valence-corrected chi connectivity index (χ3v) is 11.6. The number of ether oxygens (including phenoxy) is 2. The minimum absolute atomic E-state index is 0.0276. The van der Waals surface area contributed by atoms with Gasteiger partial charge in [-0.3, -0.25) is 0 Å². The molecule has 0 radical (unpaired) electrons. The van der Waals surface area contributed by atoms with E-state index in [0.717, 1.165) is 39.9 Å². The second-order valence-electron chi connectivity index (χ2n) is 12.5. The van der Waals surface area contributed by atoms with Gasteiger partial charge >= 0.3 is 242 Å². The quantitative estimate of drug-likeness (QED) is 0.106. The zero-order valence-corrected chi connectivity index (χ0v) is 28.5. The van der Waals surface area contributed by atoms with Crippen molar-refractivity contribution in [1.82, 2.24) is 19.2 Å². The van der Waals surface area contributed by atoms with Crippen molar-refractivity contribution < 1.29 is 13.9 Å². The average molecular weight is 638 g/mol. The molecule has 0 fully saturated rings. The number of allylic oxidation sites excluding steroid dienone is 1. The molecule has 0 saturated carbocycles. The number of quaternary nitrogens is 1. The summed E-state index contributed by atoms with van der Waals surface area (Å²) in [5, 5.41) is 6.21. The standard InChI is InChI=1S/C27H40AsClFN4O2Si2/c1-37(2,3)11-9-35-18-34(19-36-10-12-38(4,5)6)26(29)15-25(28)33-27(34)23(17-32-33)21-13-20-14-22(30)7-8-24(20)31-16-21/h7-8,13-17,25H,9-12,18-19,28H2,1-6H3/q+1. The molecular weight excluding hydrogens is 598 g/mol. The van der Waals surface area contributed by atoms with Crippen LogP contribution in [-0.2, 0) is 9.47 Å². The Labute approximate surface area is 241 Å². The molecule has 1 aliphatic rings. The van der Waals surface area contributed by atoms with Crippen molar-refractivity contribution >= 4 is 61.3 Å². The van der Waals surface area contributed by atoms with E-state index in [0.29, 0.717) is 31.8 Å². The van der Waals surface area contributed by atoms with Gasteiger partial charge in [-0.05, 0) is 0 Å². The summed E-state index contributed by atoms with van der Waals surface area (Å²) in [7, 11) is -2.52. The van der Waals surface area contributed by atoms with Crippen molar-refractivity contribution in [3.05, 3.63) is 53.7 Å². The first-order valence-electron chi connectivity index (χ1n) is 13.1. The monoisotopic (exact) mass is 637 g/mol. The number of fused-ring (bicyclic) bond motifs is 2. The molecule has 0 bridgehead atoms. The first-order chi connectivity index (χ1) is 17.8. The first kappa shape index (κ1) is 29.6. The predicted octanol–water partition coefficient (Wildman–Crippen LogP) is 6.39. The minimum atomic E-state index is -1.26. The van der Waals surface area contributed by atoms with Crippen LogP contribution in [0.4, 0.5) is 10.2 Å². The van der Waals surface area contributed by atoms with E-state index in [1.807, 2.05) is 23.1 Å². The molecule has 206 valence electrons. The summed E-state index contributed by atoms with van der Waals surface area (Å²) in [6, 6.07) is 8.75. The van der Waals surface area contributed by atoms with Gasteiger partial charge in [0.25, 0.3) is 0 Å². The van der Waals surface area contributed by atoms with Crippen LogP contribution in [0.25, 0.3) is 22.0 Å². The van der Waals surface area contributed by atoms with Crippen LogP contribution in [0.1, 0.15) is 4.83 Å². The fourth-order valence-electron chi connectivity index (χ4n) is 4.39. The van der Waals surface area contributed by atoms with E-state index in [9.17, 15) is 4.39 Å². The molecule has 0 saturated heterocycles. The summed E-state index contributed by atoms with van der Waals surface area (Å²) >= 11 is 8.65. The zero-order chi connectivity index (χ0) is 27.7. The maximum absolute atomic E-state index is 14.0. The number of rotatable bonds is 11. The Morgan fingerprint density at radius 1 is 1.00 bits per heavy atom. The van der Waals surface area contributed by atoms with E-state index in [1.54, 1.807) is 6.07 Å². The van der Waals surface area contributed by atoms with Crippen molar-refractivity contribution in [3.8, 4) is 11.1 Å². The van der Waals surface area contributed by atoms with Crippen LogP contribution >= 0.6 is 11.6 Å². The SMILES string of the molecule is C[Si](C)(C)CCOC[N+]1(COCC[Si](C)(C)C)C(Cl)=CC([AsH2])n2ncc(-c3cnc4ccc(F)cc4c3)c21. The molecule has 6 nitrogen and oxygen atoms in total. The average Bonchev–Trinajstić information content (AvgIpc) is 3.27. The number of benzene rings is 1. The van der Waals surface area contributed by atoms with Crippen LogP contribution in [0, 0.1) is 5.82 Å². The van der Waals surface area contributed by atoms with E-state index in [4.69, 9.17) is 26.2 Å². The van der Waals surface area contributed by atoms with Gasteiger partial charge in [0.05, 0.1) is 0 Å².